The molecule has 2 rings (SSSR count). The second-order valence-corrected chi connectivity index (χ2v) is 8.04. The fourth-order valence-corrected chi connectivity index (χ4v) is 5.08. The molecule has 1 aromatic rings. The summed E-state index contributed by atoms with van der Waals surface area (Å²) in [6.45, 7) is 5.23. The second kappa shape index (κ2) is 6.73. The third-order valence-corrected chi connectivity index (χ3v) is 6.19. The Morgan fingerprint density at radius 1 is 1.48 bits per heavy atom. The van der Waals surface area contributed by atoms with Gasteiger partial charge < -0.3 is 5.32 Å². The molecule has 0 spiro atoms. The zero-order valence-electron chi connectivity index (χ0n) is 12.2. The van der Waals surface area contributed by atoms with Gasteiger partial charge in [-0.1, -0.05) is 22.9 Å². The first-order valence-corrected chi connectivity index (χ1v) is 9.31. The van der Waals surface area contributed by atoms with Crippen LogP contribution in [0, 0.1) is 5.82 Å². The Morgan fingerprint density at radius 3 is 2.76 bits per heavy atom. The molecule has 1 atom stereocenters. The standard InChI is InChI=1S/C14H20BrFN2O2S/c1-3-17-9-11-7-12(15)8-13(14(11)16)21(19,20)18-6-4-5-10(18)2/h7-8,10,17H,3-6,9H2,1-2H3. The van der Waals surface area contributed by atoms with Gasteiger partial charge in [-0.15, -0.1) is 0 Å². The normalized spacial score (nSPS) is 20.1. The number of nitrogens with one attached hydrogen (secondary N) is 1. The number of halogens is 2. The summed E-state index contributed by atoms with van der Waals surface area (Å²) in [5, 5.41) is 3.02. The summed E-state index contributed by atoms with van der Waals surface area (Å²) < 4.78 is 41.9. The van der Waals surface area contributed by atoms with Crippen molar-refractivity contribution in [3.63, 3.8) is 0 Å². The van der Waals surface area contributed by atoms with E-state index in [0.717, 1.165) is 12.8 Å². The number of benzene rings is 1. The van der Waals surface area contributed by atoms with Gasteiger partial charge in [-0.05, 0) is 38.4 Å². The molecular weight excluding hydrogens is 359 g/mol. The number of hydrogen-bond donors (Lipinski definition) is 1. The van der Waals surface area contributed by atoms with Crippen LogP contribution >= 0.6 is 15.9 Å². The number of rotatable bonds is 5. The van der Waals surface area contributed by atoms with Crippen molar-refractivity contribution in [3.8, 4) is 0 Å². The minimum Gasteiger partial charge on any atom is -0.313 e. The Kier molecular flexibility index (Phi) is 5.40. The van der Waals surface area contributed by atoms with Crippen molar-refractivity contribution in [1.29, 1.82) is 0 Å². The summed E-state index contributed by atoms with van der Waals surface area (Å²) in [7, 11) is -3.79. The quantitative estimate of drug-likeness (QED) is 0.856. The van der Waals surface area contributed by atoms with Crippen LogP contribution in [0.3, 0.4) is 0 Å². The van der Waals surface area contributed by atoms with E-state index < -0.39 is 15.8 Å². The van der Waals surface area contributed by atoms with Gasteiger partial charge in [-0.25, -0.2) is 12.8 Å². The molecule has 1 N–H and O–H groups in total. The molecule has 1 aliphatic rings. The zero-order valence-corrected chi connectivity index (χ0v) is 14.6. The lowest BCUT2D eigenvalue weighted by Gasteiger charge is -2.22. The van der Waals surface area contributed by atoms with Crippen molar-refractivity contribution in [2.75, 3.05) is 13.1 Å². The van der Waals surface area contributed by atoms with E-state index in [1.54, 1.807) is 6.07 Å². The van der Waals surface area contributed by atoms with Crippen LogP contribution in [0.5, 0.6) is 0 Å². The van der Waals surface area contributed by atoms with E-state index in [0.29, 0.717) is 29.7 Å². The monoisotopic (exact) mass is 378 g/mol. The molecule has 7 heteroatoms. The predicted octanol–water partition coefficient (Wildman–Crippen LogP) is 2.87. The summed E-state index contributed by atoms with van der Waals surface area (Å²) in [6.07, 6.45) is 1.64. The molecule has 0 aliphatic carbocycles. The summed E-state index contributed by atoms with van der Waals surface area (Å²) in [5.74, 6) is -0.654. The third-order valence-electron chi connectivity index (χ3n) is 3.72. The first kappa shape index (κ1) is 16.9. The number of hydrogen-bond acceptors (Lipinski definition) is 3. The predicted molar refractivity (Wildman–Crippen MR) is 84.1 cm³/mol. The van der Waals surface area contributed by atoms with E-state index in [2.05, 4.69) is 21.2 Å². The molecule has 118 valence electrons. The smallest absolute Gasteiger partial charge is 0.246 e. The van der Waals surface area contributed by atoms with Crippen LogP contribution in [-0.4, -0.2) is 31.9 Å². The summed E-state index contributed by atoms with van der Waals surface area (Å²) in [4.78, 5) is -0.237. The molecule has 0 aromatic heterocycles. The average molecular weight is 379 g/mol. The number of nitrogens with zero attached hydrogens (tertiary/aromatic N) is 1. The maximum Gasteiger partial charge on any atom is 0.246 e. The van der Waals surface area contributed by atoms with Crippen molar-refractivity contribution in [2.24, 2.45) is 0 Å². The van der Waals surface area contributed by atoms with E-state index in [1.165, 1.54) is 10.4 Å². The molecule has 1 fully saturated rings. The van der Waals surface area contributed by atoms with Crippen molar-refractivity contribution in [3.05, 3.63) is 28.0 Å². The van der Waals surface area contributed by atoms with E-state index in [1.807, 2.05) is 13.8 Å². The Morgan fingerprint density at radius 2 is 2.19 bits per heavy atom. The van der Waals surface area contributed by atoms with Crippen LogP contribution in [0.25, 0.3) is 0 Å². The topological polar surface area (TPSA) is 49.4 Å². The molecule has 1 heterocycles. The molecular formula is C14H20BrFN2O2S. The van der Waals surface area contributed by atoms with E-state index in [9.17, 15) is 12.8 Å². The minimum absolute atomic E-state index is 0.0781. The lowest BCUT2D eigenvalue weighted by molar-refractivity contribution is 0.404. The molecule has 21 heavy (non-hydrogen) atoms. The largest absolute Gasteiger partial charge is 0.313 e. The van der Waals surface area contributed by atoms with Gasteiger partial charge in [-0.2, -0.15) is 4.31 Å². The molecule has 0 amide bonds. The van der Waals surface area contributed by atoms with Crippen molar-refractivity contribution in [1.82, 2.24) is 9.62 Å². The Labute approximate surface area is 133 Å². The maximum absolute atomic E-state index is 14.6. The highest BCUT2D eigenvalue weighted by atomic mass is 79.9. The molecule has 0 radical (unpaired) electrons. The van der Waals surface area contributed by atoms with Crippen molar-refractivity contribution >= 4 is 26.0 Å². The Bertz CT molecular complexity index is 622. The van der Waals surface area contributed by atoms with Crippen LogP contribution in [0.2, 0.25) is 0 Å². The summed E-state index contributed by atoms with van der Waals surface area (Å²) in [5.41, 5.74) is 0.358. The third kappa shape index (κ3) is 3.47. The lowest BCUT2D eigenvalue weighted by atomic mass is 10.2. The van der Waals surface area contributed by atoms with Gasteiger partial charge in [-0.3, -0.25) is 0 Å². The van der Waals surface area contributed by atoms with E-state index in [-0.39, 0.29) is 10.9 Å². The fraction of sp³-hybridized carbons (Fsp3) is 0.571. The van der Waals surface area contributed by atoms with Gasteiger partial charge in [0.05, 0.1) is 0 Å². The first-order valence-electron chi connectivity index (χ1n) is 7.08. The van der Waals surface area contributed by atoms with Gasteiger partial charge in [0.15, 0.2) is 0 Å². The Balaban J connectivity index is 2.45. The van der Waals surface area contributed by atoms with Crippen molar-refractivity contribution < 1.29 is 12.8 Å². The highest BCUT2D eigenvalue weighted by Crippen LogP contribution is 2.30. The molecule has 0 bridgehead atoms. The summed E-state index contributed by atoms with van der Waals surface area (Å²) in [6, 6.07) is 2.89. The van der Waals surface area contributed by atoms with Crippen LogP contribution in [0.15, 0.2) is 21.5 Å². The van der Waals surface area contributed by atoms with Crippen LogP contribution in [-0.2, 0) is 16.6 Å². The van der Waals surface area contributed by atoms with Crippen LogP contribution < -0.4 is 5.32 Å². The zero-order chi connectivity index (χ0) is 15.6. The molecule has 4 nitrogen and oxygen atoms in total. The van der Waals surface area contributed by atoms with Crippen molar-refractivity contribution in [2.45, 2.75) is 44.2 Å². The maximum atomic E-state index is 14.6. The Hall–Kier alpha value is -0.500. The molecule has 0 saturated carbocycles. The minimum atomic E-state index is -3.79. The first-order chi connectivity index (χ1) is 9.87. The molecule has 1 unspecified atom stereocenters. The number of sulfonamides is 1. The highest BCUT2D eigenvalue weighted by molar-refractivity contribution is 9.10. The second-order valence-electron chi connectivity index (χ2n) is 5.26. The summed E-state index contributed by atoms with van der Waals surface area (Å²) >= 11 is 3.28. The molecule has 1 saturated heterocycles. The van der Waals surface area contributed by atoms with Gasteiger partial charge in [0.2, 0.25) is 10.0 Å². The van der Waals surface area contributed by atoms with E-state index in [4.69, 9.17) is 0 Å². The van der Waals surface area contributed by atoms with Gasteiger partial charge in [0.1, 0.15) is 10.7 Å². The van der Waals surface area contributed by atoms with Crippen LogP contribution in [0.1, 0.15) is 32.3 Å². The molecule has 1 aromatic carbocycles. The molecule has 1 aliphatic heterocycles. The van der Waals surface area contributed by atoms with Gasteiger partial charge >= 0.3 is 0 Å². The SMILES string of the molecule is CCNCc1cc(Br)cc(S(=O)(=O)N2CCCC2C)c1F. The van der Waals surface area contributed by atoms with Gasteiger partial charge in [0.25, 0.3) is 0 Å². The average Bonchev–Trinajstić information content (AvgIpc) is 2.86. The highest BCUT2D eigenvalue weighted by Gasteiger charge is 2.35. The van der Waals surface area contributed by atoms with Gasteiger partial charge in [0, 0.05) is 29.2 Å². The fourth-order valence-electron chi connectivity index (χ4n) is 2.58. The lowest BCUT2D eigenvalue weighted by Crippen LogP contribution is -2.34. The van der Waals surface area contributed by atoms with Crippen LogP contribution in [0.4, 0.5) is 4.39 Å². The van der Waals surface area contributed by atoms with E-state index >= 15 is 0 Å².